The quantitative estimate of drug-likeness (QED) is 0.563. The van der Waals surface area contributed by atoms with E-state index in [4.69, 9.17) is 10.00 Å². The molecule has 2 aromatic carbocycles. The zero-order chi connectivity index (χ0) is 23.0. The maximum absolute atomic E-state index is 14.0. The summed E-state index contributed by atoms with van der Waals surface area (Å²) < 4.78 is 70.8. The number of nitrogens with zero attached hydrogens (tertiary/aromatic N) is 4. The SMILES string of the molecule is N#Cc1ccc(OCC(F)(F)F)c(C(=O)N2Cc3cn(-c4ccc(F)cc4F)nc3C2)c1. The van der Waals surface area contributed by atoms with Gasteiger partial charge in [-0.3, -0.25) is 4.79 Å². The van der Waals surface area contributed by atoms with Crippen LogP contribution in [-0.2, 0) is 13.1 Å². The summed E-state index contributed by atoms with van der Waals surface area (Å²) in [4.78, 5) is 14.3. The monoisotopic (exact) mass is 448 g/mol. The van der Waals surface area contributed by atoms with Crippen LogP contribution in [0.4, 0.5) is 22.0 Å². The van der Waals surface area contributed by atoms with Crippen molar-refractivity contribution in [2.75, 3.05) is 6.61 Å². The van der Waals surface area contributed by atoms with E-state index in [1.807, 2.05) is 6.07 Å². The first-order chi connectivity index (χ1) is 15.1. The fraction of sp³-hybridized carbons (Fsp3) is 0.190. The largest absolute Gasteiger partial charge is 0.483 e. The Morgan fingerprint density at radius 3 is 2.59 bits per heavy atom. The lowest BCUT2D eigenvalue weighted by Gasteiger charge is -2.19. The molecule has 0 fully saturated rings. The number of hydrogen-bond acceptors (Lipinski definition) is 4. The maximum Gasteiger partial charge on any atom is 0.422 e. The molecule has 0 saturated heterocycles. The van der Waals surface area contributed by atoms with E-state index in [9.17, 15) is 26.7 Å². The minimum Gasteiger partial charge on any atom is -0.483 e. The molecule has 4 rings (SSSR count). The maximum atomic E-state index is 14.0. The van der Waals surface area contributed by atoms with Gasteiger partial charge in [-0.25, -0.2) is 13.5 Å². The molecule has 0 unspecified atom stereocenters. The number of ether oxygens (including phenoxy) is 1. The molecule has 0 aliphatic carbocycles. The number of aromatic nitrogens is 2. The van der Waals surface area contributed by atoms with E-state index in [1.165, 1.54) is 34.0 Å². The van der Waals surface area contributed by atoms with Gasteiger partial charge in [0.2, 0.25) is 0 Å². The van der Waals surface area contributed by atoms with Crippen LogP contribution in [0.3, 0.4) is 0 Å². The van der Waals surface area contributed by atoms with Crippen molar-refractivity contribution in [3.8, 4) is 17.5 Å². The molecule has 0 bridgehead atoms. The average molecular weight is 448 g/mol. The molecule has 1 aliphatic rings. The van der Waals surface area contributed by atoms with E-state index in [-0.39, 0.29) is 35.7 Å². The topological polar surface area (TPSA) is 71.2 Å². The van der Waals surface area contributed by atoms with Crippen molar-refractivity contribution in [2.45, 2.75) is 19.3 Å². The van der Waals surface area contributed by atoms with Crippen molar-refractivity contribution in [1.29, 1.82) is 5.26 Å². The number of nitriles is 1. The minimum atomic E-state index is -4.60. The number of carbonyl (C=O) groups is 1. The van der Waals surface area contributed by atoms with Gasteiger partial charge < -0.3 is 9.64 Å². The van der Waals surface area contributed by atoms with Gasteiger partial charge in [0, 0.05) is 24.4 Å². The Morgan fingerprint density at radius 1 is 1.16 bits per heavy atom. The molecule has 1 amide bonds. The Morgan fingerprint density at radius 2 is 1.94 bits per heavy atom. The number of carbonyl (C=O) groups excluding carboxylic acids is 1. The molecule has 0 saturated carbocycles. The Balaban J connectivity index is 1.56. The van der Waals surface area contributed by atoms with Gasteiger partial charge in [-0.1, -0.05) is 0 Å². The number of amides is 1. The van der Waals surface area contributed by atoms with Crippen molar-refractivity contribution in [3.63, 3.8) is 0 Å². The first-order valence-electron chi connectivity index (χ1n) is 9.20. The Hall–Kier alpha value is -3.94. The molecule has 2 heterocycles. The third kappa shape index (κ3) is 4.25. The highest BCUT2D eigenvalue weighted by atomic mass is 19.4. The van der Waals surface area contributed by atoms with Crippen LogP contribution < -0.4 is 4.74 Å². The normalized spacial score (nSPS) is 13.1. The van der Waals surface area contributed by atoms with E-state index < -0.39 is 30.3 Å². The van der Waals surface area contributed by atoms with E-state index in [0.717, 1.165) is 18.2 Å². The summed E-state index contributed by atoms with van der Waals surface area (Å²) in [6.07, 6.45) is -3.11. The Kier molecular flexibility index (Phi) is 5.30. The standard InChI is InChI=1S/C21H13F5N4O2/c22-14-2-3-18(16(23)6-14)30-9-13-8-29(10-17(13)28-30)20(31)15-5-12(7-27)1-4-19(15)32-11-21(24,25)26/h1-6,9H,8,10-11H2. The van der Waals surface area contributed by atoms with Crippen LogP contribution in [0.2, 0.25) is 0 Å². The molecular formula is C21H13F5N4O2. The molecule has 0 atom stereocenters. The number of halogens is 5. The summed E-state index contributed by atoms with van der Waals surface area (Å²) >= 11 is 0. The summed E-state index contributed by atoms with van der Waals surface area (Å²) in [5.41, 5.74) is 0.980. The summed E-state index contributed by atoms with van der Waals surface area (Å²) in [7, 11) is 0. The number of hydrogen-bond donors (Lipinski definition) is 0. The number of benzene rings is 2. The highest BCUT2D eigenvalue weighted by molar-refractivity contribution is 5.97. The first-order valence-corrected chi connectivity index (χ1v) is 9.20. The van der Waals surface area contributed by atoms with Crippen LogP contribution in [0.15, 0.2) is 42.6 Å². The predicted octanol–water partition coefficient (Wildman–Crippen LogP) is 4.12. The summed E-state index contributed by atoms with van der Waals surface area (Å²) in [5.74, 6) is -2.48. The van der Waals surface area contributed by atoms with Crippen LogP contribution in [0.1, 0.15) is 27.2 Å². The molecule has 6 nitrogen and oxygen atoms in total. The van der Waals surface area contributed by atoms with Crippen LogP contribution >= 0.6 is 0 Å². The Bertz CT molecular complexity index is 1220. The second-order valence-electron chi connectivity index (χ2n) is 7.03. The van der Waals surface area contributed by atoms with Crippen molar-refractivity contribution in [1.82, 2.24) is 14.7 Å². The molecule has 3 aromatic rings. The summed E-state index contributed by atoms with van der Waals surface area (Å²) in [6.45, 7) is -1.51. The van der Waals surface area contributed by atoms with Crippen LogP contribution in [0.25, 0.3) is 5.69 Å². The fourth-order valence-corrected chi connectivity index (χ4v) is 3.31. The van der Waals surface area contributed by atoms with Gasteiger partial charge in [0.15, 0.2) is 12.4 Å². The van der Waals surface area contributed by atoms with Gasteiger partial charge in [0.05, 0.1) is 29.4 Å². The lowest BCUT2D eigenvalue weighted by atomic mass is 10.1. The first kappa shape index (κ1) is 21.3. The van der Waals surface area contributed by atoms with Crippen LogP contribution in [0.5, 0.6) is 5.75 Å². The Labute approximate surface area is 178 Å². The second-order valence-corrected chi connectivity index (χ2v) is 7.03. The van der Waals surface area contributed by atoms with Gasteiger partial charge >= 0.3 is 6.18 Å². The third-order valence-electron chi connectivity index (χ3n) is 4.75. The molecule has 11 heteroatoms. The van der Waals surface area contributed by atoms with E-state index in [0.29, 0.717) is 11.3 Å². The van der Waals surface area contributed by atoms with Crippen molar-refractivity contribution < 1.29 is 31.5 Å². The van der Waals surface area contributed by atoms with Crippen molar-refractivity contribution >= 4 is 5.91 Å². The van der Waals surface area contributed by atoms with Crippen LogP contribution in [-0.4, -0.2) is 33.4 Å². The number of alkyl halides is 3. The van der Waals surface area contributed by atoms with E-state index in [2.05, 4.69) is 5.10 Å². The van der Waals surface area contributed by atoms with Crippen molar-refractivity contribution in [3.05, 3.63) is 76.6 Å². The van der Waals surface area contributed by atoms with Crippen LogP contribution in [0, 0.1) is 23.0 Å². The second kappa shape index (κ2) is 7.96. The third-order valence-corrected chi connectivity index (χ3v) is 4.75. The van der Waals surface area contributed by atoms with Crippen molar-refractivity contribution in [2.24, 2.45) is 0 Å². The average Bonchev–Trinajstić information content (AvgIpc) is 3.30. The van der Waals surface area contributed by atoms with Gasteiger partial charge in [0.25, 0.3) is 5.91 Å². The fourth-order valence-electron chi connectivity index (χ4n) is 3.31. The predicted molar refractivity (Wildman–Crippen MR) is 99.8 cm³/mol. The molecule has 1 aliphatic heterocycles. The zero-order valence-electron chi connectivity index (χ0n) is 16.2. The molecule has 0 radical (unpaired) electrons. The molecular weight excluding hydrogens is 435 g/mol. The number of rotatable bonds is 4. The van der Waals surface area contributed by atoms with Gasteiger partial charge in [-0.15, -0.1) is 0 Å². The smallest absolute Gasteiger partial charge is 0.422 e. The minimum absolute atomic E-state index is 0.0134. The van der Waals surface area contributed by atoms with Gasteiger partial charge in [-0.05, 0) is 30.3 Å². The highest BCUT2D eigenvalue weighted by Gasteiger charge is 2.32. The van der Waals surface area contributed by atoms with E-state index in [1.54, 1.807) is 0 Å². The summed E-state index contributed by atoms with van der Waals surface area (Å²) in [5, 5.41) is 13.3. The molecule has 0 N–H and O–H groups in total. The molecule has 0 spiro atoms. The summed E-state index contributed by atoms with van der Waals surface area (Å²) in [6, 6.07) is 8.44. The zero-order valence-corrected chi connectivity index (χ0v) is 16.2. The highest BCUT2D eigenvalue weighted by Crippen LogP contribution is 2.29. The number of fused-ring (bicyclic) bond motifs is 1. The molecule has 164 valence electrons. The van der Waals surface area contributed by atoms with E-state index >= 15 is 0 Å². The molecule has 32 heavy (non-hydrogen) atoms. The lowest BCUT2D eigenvalue weighted by molar-refractivity contribution is -0.153. The van der Waals surface area contributed by atoms with Gasteiger partial charge in [-0.2, -0.15) is 23.5 Å². The molecule has 1 aromatic heterocycles. The van der Waals surface area contributed by atoms with Gasteiger partial charge in [0.1, 0.15) is 17.3 Å². The lowest BCUT2D eigenvalue weighted by Crippen LogP contribution is -2.27.